The number of rotatable bonds is 4. The van der Waals surface area contributed by atoms with Crippen molar-refractivity contribution in [2.45, 2.75) is 0 Å². The normalized spacial score (nSPS) is 16.9. The number of guanidine groups is 1. The fourth-order valence-electron chi connectivity index (χ4n) is 2.23. The van der Waals surface area contributed by atoms with Crippen LogP contribution in [0.5, 0.6) is 0 Å². The molecule has 1 aliphatic heterocycles. The Bertz CT molecular complexity index is 624. The Labute approximate surface area is 129 Å². The van der Waals surface area contributed by atoms with Gasteiger partial charge in [0.2, 0.25) is 10.0 Å². The Kier molecular flexibility index (Phi) is 5.19. The minimum atomic E-state index is -3.52. The Morgan fingerprint density at radius 2 is 1.77 bits per heavy atom. The predicted octanol–water partition coefficient (Wildman–Crippen LogP) is -0.449. The Morgan fingerprint density at radius 1 is 1.18 bits per heavy atom. The molecule has 0 bridgehead atoms. The molecule has 0 aliphatic carbocycles. The second kappa shape index (κ2) is 6.93. The van der Waals surface area contributed by atoms with Crippen molar-refractivity contribution in [1.82, 2.24) is 4.90 Å². The van der Waals surface area contributed by atoms with Gasteiger partial charge in [-0.2, -0.15) is 0 Å². The zero-order chi connectivity index (χ0) is 16.2. The van der Waals surface area contributed by atoms with Crippen LogP contribution >= 0.6 is 0 Å². The molecule has 122 valence electrons. The second-order valence-electron chi connectivity index (χ2n) is 5.06. The molecule has 1 aliphatic rings. The highest BCUT2D eigenvalue weighted by Crippen LogP contribution is 2.16. The number of primary sulfonamides is 1. The summed E-state index contributed by atoms with van der Waals surface area (Å²) in [6.07, 6.45) is 0. The van der Waals surface area contributed by atoms with E-state index in [4.69, 9.17) is 10.9 Å². The highest BCUT2D eigenvalue weighted by molar-refractivity contribution is 7.89. The smallest absolute Gasteiger partial charge is 0.210 e. The van der Waals surface area contributed by atoms with Crippen molar-refractivity contribution in [2.24, 2.45) is 15.9 Å². The number of aliphatic imine (C=N–C) groups is 1. The highest BCUT2D eigenvalue weighted by Gasteiger charge is 2.18. The van der Waals surface area contributed by atoms with Crippen LogP contribution in [-0.2, 0) is 10.0 Å². The number of nitrogens with two attached hydrogens (primary N) is 2. The van der Waals surface area contributed by atoms with Gasteiger partial charge in [0.1, 0.15) is 5.82 Å². The van der Waals surface area contributed by atoms with Crippen LogP contribution in [0.25, 0.3) is 0 Å². The molecule has 1 aromatic carbocycles. The molecule has 0 amide bonds. The third kappa shape index (κ3) is 4.85. The Morgan fingerprint density at radius 3 is 2.32 bits per heavy atom. The van der Waals surface area contributed by atoms with Crippen LogP contribution in [0.3, 0.4) is 0 Å². The van der Waals surface area contributed by atoms with E-state index in [0.29, 0.717) is 19.0 Å². The summed E-state index contributed by atoms with van der Waals surface area (Å²) < 4.78 is 34.6. The van der Waals surface area contributed by atoms with E-state index in [-0.39, 0.29) is 18.1 Å². The number of hydrogen-bond donors (Lipinski definition) is 2. The van der Waals surface area contributed by atoms with E-state index in [1.807, 2.05) is 4.90 Å². The molecule has 4 N–H and O–H groups in total. The molecule has 1 fully saturated rings. The monoisotopic (exact) mass is 329 g/mol. The van der Waals surface area contributed by atoms with Gasteiger partial charge in [-0.25, -0.2) is 17.9 Å². The number of hydrogen-bond acceptors (Lipinski definition) is 4. The minimum absolute atomic E-state index is 0.0584. The summed E-state index contributed by atoms with van der Waals surface area (Å²) in [5, 5.41) is 4.91. The number of nitrogens with zero attached hydrogens (tertiary/aromatic N) is 3. The zero-order valence-electron chi connectivity index (χ0n) is 12.2. The first-order valence-corrected chi connectivity index (χ1v) is 8.62. The molecule has 1 aromatic rings. The van der Waals surface area contributed by atoms with Crippen LogP contribution in [0.1, 0.15) is 0 Å². The van der Waals surface area contributed by atoms with Crippen LogP contribution in [0.15, 0.2) is 29.3 Å². The van der Waals surface area contributed by atoms with E-state index in [1.54, 1.807) is 12.1 Å². The van der Waals surface area contributed by atoms with Gasteiger partial charge in [-0.3, -0.25) is 4.99 Å². The van der Waals surface area contributed by atoms with Crippen LogP contribution in [-0.4, -0.2) is 57.8 Å². The van der Waals surface area contributed by atoms with Crippen molar-refractivity contribution >= 4 is 21.7 Å². The summed E-state index contributed by atoms with van der Waals surface area (Å²) in [7, 11) is -3.52. The summed E-state index contributed by atoms with van der Waals surface area (Å²) in [4.78, 5) is 8.06. The fraction of sp³-hybridized carbons (Fsp3) is 0.462. The summed E-state index contributed by atoms with van der Waals surface area (Å²) in [5.41, 5.74) is 6.82. The summed E-state index contributed by atoms with van der Waals surface area (Å²) in [5.74, 6) is -0.153. The third-order valence-electron chi connectivity index (χ3n) is 3.45. The first-order valence-electron chi connectivity index (χ1n) is 6.91. The number of halogens is 1. The highest BCUT2D eigenvalue weighted by atomic mass is 32.2. The van der Waals surface area contributed by atoms with E-state index in [9.17, 15) is 12.8 Å². The molecule has 0 atom stereocenters. The maximum absolute atomic E-state index is 12.9. The van der Waals surface area contributed by atoms with Gasteiger partial charge in [0.15, 0.2) is 5.96 Å². The van der Waals surface area contributed by atoms with Crippen molar-refractivity contribution in [2.75, 3.05) is 43.4 Å². The van der Waals surface area contributed by atoms with Gasteiger partial charge in [-0.05, 0) is 24.3 Å². The molecule has 0 aromatic heterocycles. The van der Waals surface area contributed by atoms with Crippen molar-refractivity contribution in [3.05, 3.63) is 30.1 Å². The maximum atomic E-state index is 12.9. The fourth-order valence-corrected chi connectivity index (χ4v) is 2.58. The molecule has 0 unspecified atom stereocenters. The molecule has 7 nitrogen and oxygen atoms in total. The molecule has 2 rings (SSSR count). The standard InChI is InChI=1S/C13H20FN5O2S/c14-11-1-3-12(4-2-11)18-6-8-19(9-7-18)13(15)17-5-10-22(16,20)21/h1-4H,5-10H2,(H2,15,17)(H2,16,20,21). The van der Waals surface area contributed by atoms with E-state index in [0.717, 1.165) is 18.8 Å². The van der Waals surface area contributed by atoms with Crippen molar-refractivity contribution in [1.29, 1.82) is 0 Å². The van der Waals surface area contributed by atoms with Gasteiger partial charge >= 0.3 is 0 Å². The lowest BCUT2D eigenvalue weighted by Crippen LogP contribution is -2.51. The second-order valence-corrected chi connectivity index (χ2v) is 6.79. The van der Waals surface area contributed by atoms with Crippen LogP contribution in [0, 0.1) is 5.82 Å². The first kappa shape index (κ1) is 16.5. The number of piperazine rings is 1. The molecule has 1 heterocycles. The average molecular weight is 329 g/mol. The summed E-state index contributed by atoms with van der Waals surface area (Å²) in [6.45, 7) is 2.86. The lowest BCUT2D eigenvalue weighted by atomic mass is 10.2. The van der Waals surface area contributed by atoms with Gasteiger partial charge < -0.3 is 15.5 Å². The number of sulfonamides is 1. The van der Waals surface area contributed by atoms with E-state index in [1.165, 1.54) is 12.1 Å². The third-order valence-corrected chi connectivity index (χ3v) is 4.20. The molecular formula is C13H20FN5O2S. The Balaban J connectivity index is 1.86. The van der Waals surface area contributed by atoms with Crippen LogP contribution in [0.2, 0.25) is 0 Å². The first-order chi connectivity index (χ1) is 10.3. The van der Waals surface area contributed by atoms with E-state index >= 15 is 0 Å². The molecule has 0 radical (unpaired) electrons. The lowest BCUT2D eigenvalue weighted by molar-refractivity contribution is 0.381. The average Bonchev–Trinajstić information content (AvgIpc) is 2.47. The van der Waals surface area contributed by atoms with Crippen molar-refractivity contribution in [3.8, 4) is 0 Å². The largest absolute Gasteiger partial charge is 0.370 e. The SMILES string of the molecule is NC(=NCCS(N)(=O)=O)N1CCN(c2ccc(F)cc2)CC1. The van der Waals surface area contributed by atoms with Crippen molar-refractivity contribution in [3.63, 3.8) is 0 Å². The predicted molar refractivity (Wildman–Crippen MR) is 84.6 cm³/mol. The van der Waals surface area contributed by atoms with Gasteiger partial charge in [-0.15, -0.1) is 0 Å². The Hall–Kier alpha value is -1.87. The summed E-state index contributed by atoms with van der Waals surface area (Å²) >= 11 is 0. The van der Waals surface area contributed by atoms with Crippen LogP contribution < -0.4 is 15.8 Å². The van der Waals surface area contributed by atoms with Gasteiger partial charge in [0, 0.05) is 31.9 Å². The molecule has 0 saturated carbocycles. The number of benzene rings is 1. The minimum Gasteiger partial charge on any atom is -0.370 e. The van der Waals surface area contributed by atoms with Gasteiger partial charge in [0.05, 0.1) is 12.3 Å². The van der Waals surface area contributed by atoms with E-state index in [2.05, 4.69) is 9.89 Å². The summed E-state index contributed by atoms with van der Waals surface area (Å²) in [6, 6.07) is 6.36. The van der Waals surface area contributed by atoms with Crippen LogP contribution in [0.4, 0.5) is 10.1 Å². The van der Waals surface area contributed by atoms with E-state index < -0.39 is 10.0 Å². The zero-order valence-corrected chi connectivity index (χ0v) is 13.0. The molecule has 0 spiro atoms. The molecule has 1 saturated heterocycles. The van der Waals surface area contributed by atoms with Gasteiger partial charge in [-0.1, -0.05) is 0 Å². The van der Waals surface area contributed by atoms with Gasteiger partial charge in [0.25, 0.3) is 0 Å². The maximum Gasteiger partial charge on any atom is 0.210 e. The molecule has 9 heteroatoms. The topological polar surface area (TPSA) is 105 Å². The quantitative estimate of drug-likeness (QED) is 0.575. The molecular weight excluding hydrogens is 309 g/mol. The number of anilines is 1. The molecule has 22 heavy (non-hydrogen) atoms. The lowest BCUT2D eigenvalue weighted by Gasteiger charge is -2.36. The van der Waals surface area contributed by atoms with Crippen molar-refractivity contribution < 1.29 is 12.8 Å².